The van der Waals surface area contributed by atoms with Crippen molar-refractivity contribution in [1.29, 1.82) is 0 Å². The molecule has 214 valence electrons. The Morgan fingerprint density at radius 2 is 1.30 bits per heavy atom. The number of rotatable bonds is 15. The minimum Gasteiger partial charge on any atom is -0.481 e. The molecule has 1 atom stereocenters. The van der Waals surface area contributed by atoms with E-state index in [0.29, 0.717) is 0 Å². The second-order valence-electron chi connectivity index (χ2n) is 12.1. The zero-order valence-corrected chi connectivity index (χ0v) is 24.9. The van der Waals surface area contributed by atoms with Gasteiger partial charge in [0.25, 0.3) is 0 Å². The molecule has 0 saturated heterocycles. The van der Waals surface area contributed by atoms with Gasteiger partial charge < -0.3 is 5.11 Å². The minimum atomic E-state index is -0.640. The average molecular weight is 539 g/mol. The highest BCUT2D eigenvalue weighted by Crippen LogP contribution is 2.39. The van der Waals surface area contributed by atoms with Gasteiger partial charge in [0, 0.05) is 0 Å². The SMILES string of the molecule is CCCCC[C@H]1CC[C@H](c2ccc(-c3ccccc3-c3ccc(CCCC(CCCC)C(=O)O)cc3)cc2)CC1. The third-order valence-electron chi connectivity index (χ3n) is 9.22. The van der Waals surface area contributed by atoms with Gasteiger partial charge in [-0.15, -0.1) is 0 Å². The van der Waals surface area contributed by atoms with Crippen LogP contribution in [0.25, 0.3) is 22.3 Å². The molecule has 0 aromatic heterocycles. The molecule has 0 amide bonds. The van der Waals surface area contributed by atoms with Crippen LogP contribution in [-0.2, 0) is 11.2 Å². The van der Waals surface area contributed by atoms with Crippen LogP contribution in [0.2, 0.25) is 0 Å². The molecule has 2 nitrogen and oxygen atoms in total. The first-order valence-corrected chi connectivity index (χ1v) is 16.1. The summed E-state index contributed by atoms with van der Waals surface area (Å²) in [6.45, 7) is 4.42. The Balaban J connectivity index is 1.36. The van der Waals surface area contributed by atoms with Crippen molar-refractivity contribution >= 4 is 5.97 Å². The molecule has 1 N–H and O–H groups in total. The zero-order chi connectivity index (χ0) is 28.2. The van der Waals surface area contributed by atoms with Gasteiger partial charge in [-0.25, -0.2) is 0 Å². The first kappa shape index (κ1) is 30.1. The molecule has 4 rings (SSSR count). The normalized spacial score (nSPS) is 17.9. The predicted molar refractivity (Wildman–Crippen MR) is 170 cm³/mol. The average Bonchev–Trinajstić information content (AvgIpc) is 3.00. The second-order valence-corrected chi connectivity index (χ2v) is 12.1. The van der Waals surface area contributed by atoms with E-state index < -0.39 is 5.97 Å². The summed E-state index contributed by atoms with van der Waals surface area (Å²) in [5, 5.41) is 9.50. The third-order valence-corrected chi connectivity index (χ3v) is 9.22. The highest BCUT2D eigenvalue weighted by atomic mass is 16.4. The Kier molecular flexibility index (Phi) is 11.9. The molecule has 3 aromatic carbocycles. The smallest absolute Gasteiger partial charge is 0.306 e. The standard InChI is InChI=1S/C38H50O2/c1-3-5-7-11-29-17-21-31(22-18-29)32-25-27-34(28-26-32)37-16-9-8-15-36(37)33-23-19-30(20-24-33)12-10-14-35(38(39)40)13-6-4-2/h8-9,15-16,19-20,23-29,31,35H,3-7,10-14,17-18,21-22H2,1-2H3,(H,39,40)/t29-,31-,35?. The maximum atomic E-state index is 11.5. The molecule has 3 aromatic rings. The molecule has 0 heterocycles. The van der Waals surface area contributed by atoms with Crippen LogP contribution in [-0.4, -0.2) is 11.1 Å². The Hall–Kier alpha value is -2.87. The number of hydrogen-bond donors (Lipinski definition) is 1. The van der Waals surface area contributed by atoms with Gasteiger partial charge in [0.2, 0.25) is 0 Å². The molecule has 1 saturated carbocycles. The molecule has 0 radical (unpaired) electrons. The van der Waals surface area contributed by atoms with Crippen molar-refractivity contribution in [3.63, 3.8) is 0 Å². The largest absolute Gasteiger partial charge is 0.481 e. The van der Waals surface area contributed by atoms with E-state index in [0.717, 1.165) is 50.4 Å². The Morgan fingerprint density at radius 1 is 0.725 bits per heavy atom. The fourth-order valence-electron chi connectivity index (χ4n) is 6.63. The van der Waals surface area contributed by atoms with Crippen LogP contribution in [0.3, 0.4) is 0 Å². The van der Waals surface area contributed by atoms with Gasteiger partial charge in [0.1, 0.15) is 0 Å². The lowest BCUT2D eigenvalue weighted by Crippen LogP contribution is -2.13. The summed E-state index contributed by atoms with van der Waals surface area (Å²) >= 11 is 0. The number of hydrogen-bond acceptors (Lipinski definition) is 1. The summed E-state index contributed by atoms with van der Waals surface area (Å²) in [6, 6.07) is 27.0. The van der Waals surface area contributed by atoms with Gasteiger partial charge in [-0.2, -0.15) is 0 Å². The van der Waals surface area contributed by atoms with E-state index in [9.17, 15) is 9.90 Å². The summed E-state index contributed by atoms with van der Waals surface area (Å²) in [6.07, 6.45) is 16.5. The van der Waals surface area contributed by atoms with Crippen LogP contribution in [0.15, 0.2) is 72.8 Å². The van der Waals surface area contributed by atoms with Crippen molar-refractivity contribution in [3.05, 3.63) is 83.9 Å². The maximum absolute atomic E-state index is 11.5. The van der Waals surface area contributed by atoms with Crippen molar-refractivity contribution in [1.82, 2.24) is 0 Å². The molecule has 1 unspecified atom stereocenters. The molecule has 2 heteroatoms. The summed E-state index contributed by atoms with van der Waals surface area (Å²) in [5.74, 6) is 0.825. The monoisotopic (exact) mass is 538 g/mol. The van der Waals surface area contributed by atoms with Crippen molar-refractivity contribution < 1.29 is 9.90 Å². The number of carboxylic acid groups (broad SMARTS) is 1. The fraction of sp³-hybridized carbons (Fsp3) is 0.500. The van der Waals surface area contributed by atoms with E-state index >= 15 is 0 Å². The lowest BCUT2D eigenvalue weighted by molar-refractivity contribution is -0.142. The highest BCUT2D eigenvalue weighted by molar-refractivity contribution is 5.83. The first-order chi connectivity index (χ1) is 19.6. The minimum absolute atomic E-state index is 0.205. The molecule has 0 bridgehead atoms. The van der Waals surface area contributed by atoms with Crippen molar-refractivity contribution in [3.8, 4) is 22.3 Å². The van der Waals surface area contributed by atoms with Crippen LogP contribution < -0.4 is 0 Å². The first-order valence-electron chi connectivity index (χ1n) is 16.1. The van der Waals surface area contributed by atoms with Gasteiger partial charge >= 0.3 is 5.97 Å². The zero-order valence-electron chi connectivity index (χ0n) is 24.9. The maximum Gasteiger partial charge on any atom is 0.306 e. The summed E-state index contributed by atoms with van der Waals surface area (Å²) in [5.41, 5.74) is 7.85. The third kappa shape index (κ3) is 8.56. The van der Waals surface area contributed by atoms with E-state index in [1.54, 1.807) is 0 Å². The molecular weight excluding hydrogens is 488 g/mol. The molecule has 1 fully saturated rings. The van der Waals surface area contributed by atoms with Gasteiger partial charge in [-0.3, -0.25) is 4.79 Å². The molecule has 1 aliphatic rings. The number of aryl methyl sites for hydroxylation is 1. The predicted octanol–water partition coefficient (Wildman–Crippen LogP) is 11.1. The Labute approximate surface area is 243 Å². The summed E-state index contributed by atoms with van der Waals surface area (Å²) in [7, 11) is 0. The lowest BCUT2D eigenvalue weighted by atomic mass is 9.77. The highest BCUT2D eigenvalue weighted by Gasteiger charge is 2.22. The van der Waals surface area contributed by atoms with Crippen LogP contribution >= 0.6 is 0 Å². The Bertz CT molecular complexity index is 1150. The van der Waals surface area contributed by atoms with E-state index in [4.69, 9.17) is 0 Å². The molecule has 40 heavy (non-hydrogen) atoms. The van der Waals surface area contributed by atoms with Crippen LogP contribution in [0.1, 0.15) is 114 Å². The van der Waals surface area contributed by atoms with Crippen molar-refractivity contribution in [2.24, 2.45) is 11.8 Å². The fourth-order valence-corrected chi connectivity index (χ4v) is 6.63. The second kappa shape index (κ2) is 15.8. The van der Waals surface area contributed by atoms with Gasteiger partial charge in [0.05, 0.1) is 5.92 Å². The van der Waals surface area contributed by atoms with Crippen molar-refractivity contribution in [2.75, 3.05) is 0 Å². The van der Waals surface area contributed by atoms with Gasteiger partial charge in [0.15, 0.2) is 0 Å². The van der Waals surface area contributed by atoms with Crippen LogP contribution in [0.5, 0.6) is 0 Å². The van der Waals surface area contributed by atoms with E-state index in [-0.39, 0.29) is 5.92 Å². The van der Waals surface area contributed by atoms with Crippen LogP contribution in [0.4, 0.5) is 0 Å². The molecule has 0 spiro atoms. The lowest BCUT2D eigenvalue weighted by Gasteiger charge is -2.29. The number of carbonyl (C=O) groups is 1. The number of unbranched alkanes of at least 4 members (excludes halogenated alkanes) is 3. The van der Waals surface area contributed by atoms with Gasteiger partial charge in [-0.05, 0) is 96.6 Å². The number of carboxylic acids is 1. The summed E-state index contributed by atoms with van der Waals surface area (Å²) < 4.78 is 0. The molecular formula is C38H50O2. The van der Waals surface area contributed by atoms with Crippen molar-refractivity contribution in [2.45, 2.75) is 110 Å². The van der Waals surface area contributed by atoms with Crippen LogP contribution in [0, 0.1) is 11.8 Å². The Morgan fingerprint density at radius 3 is 1.88 bits per heavy atom. The molecule has 1 aliphatic carbocycles. The van der Waals surface area contributed by atoms with E-state index in [1.807, 2.05) is 0 Å². The number of benzene rings is 3. The van der Waals surface area contributed by atoms with E-state index in [2.05, 4.69) is 86.6 Å². The quantitative estimate of drug-likeness (QED) is 0.195. The number of aliphatic carboxylic acids is 1. The van der Waals surface area contributed by atoms with E-state index in [1.165, 1.54) is 84.7 Å². The topological polar surface area (TPSA) is 37.3 Å². The molecule has 0 aliphatic heterocycles. The summed E-state index contributed by atoms with van der Waals surface area (Å²) in [4.78, 5) is 11.5. The van der Waals surface area contributed by atoms with Gasteiger partial charge in [-0.1, -0.05) is 125 Å².